The first-order valence-corrected chi connectivity index (χ1v) is 15.5. The summed E-state index contributed by atoms with van der Waals surface area (Å²) < 4.78 is 1.51. The standard InChI is InChI=1S/C7H8AsI2N/c1-5-4-6(11)2-3-7(5)8(9)10/h2-4H,11H2,1H3. The summed E-state index contributed by atoms with van der Waals surface area (Å²) in [6, 6.07) is 6.19. The molecule has 0 heterocycles. The fraction of sp³-hybridized carbons (Fsp3) is 0.143. The van der Waals surface area contributed by atoms with Gasteiger partial charge in [0.15, 0.2) is 0 Å². The van der Waals surface area contributed by atoms with E-state index in [4.69, 9.17) is 5.73 Å². The van der Waals surface area contributed by atoms with Crippen molar-refractivity contribution >= 4 is 58.2 Å². The fourth-order valence-corrected chi connectivity index (χ4v) is 7.58. The number of hydrogen-bond acceptors (Lipinski definition) is 1. The molecule has 0 spiro atoms. The molecular formula is C7H8AsI2N. The van der Waals surface area contributed by atoms with Crippen molar-refractivity contribution in [3.8, 4) is 0 Å². The number of rotatable bonds is 1. The van der Waals surface area contributed by atoms with Crippen LogP contribution >= 0.6 is 40.3 Å². The van der Waals surface area contributed by atoms with Crippen LogP contribution in [0.25, 0.3) is 0 Å². The molecule has 0 saturated carbocycles. The van der Waals surface area contributed by atoms with Gasteiger partial charge in [-0.3, -0.25) is 0 Å². The van der Waals surface area contributed by atoms with Crippen molar-refractivity contribution < 1.29 is 0 Å². The van der Waals surface area contributed by atoms with E-state index in [0.29, 0.717) is 0 Å². The molecule has 1 rings (SSSR count). The van der Waals surface area contributed by atoms with E-state index in [9.17, 15) is 0 Å². The van der Waals surface area contributed by atoms with E-state index in [0.717, 1.165) is 5.69 Å². The average molecular weight is 435 g/mol. The van der Waals surface area contributed by atoms with Crippen molar-refractivity contribution in [1.29, 1.82) is 0 Å². The zero-order valence-corrected chi connectivity index (χ0v) is 12.2. The molecule has 0 aromatic heterocycles. The second kappa shape index (κ2) is 4.32. The molecule has 4 heteroatoms. The van der Waals surface area contributed by atoms with Crippen LogP contribution in [0.3, 0.4) is 0 Å². The Morgan fingerprint density at radius 3 is 2.45 bits per heavy atom. The molecule has 1 aromatic carbocycles. The van der Waals surface area contributed by atoms with Crippen molar-refractivity contribution in [3.63, 3.8) is 0 Å². The summed E-state index contributed by atoms with van der Waals surface area (Å²) in [5, 5.41) is 0. The minimum atomic E-state index is -0.766. The molecular weight excluding hydrogens is 427 g/mol. The second-order valence-electron chi connectivity index (χ2n) is 2.28. The van der Waals surface area contributed by atoms with Crippen LogP contribution in [0.1, 0.15) is 5.56 Å². The molecule has 0 unspecified atom stereocenters. The average Bonchev–Trinajstić information content (AvgIpc) is 1.85. The summed E-state index contributed by atoms with van der Waals surface area (Å²) >= 11 is 5.07. The van der Waals surface area contributed by atoms with Crippen LogP contribution < -0.4 is 10.1 Å². The van der Waals surface area contributed by atoms with Crippen molar-refractivity contribution in [2.75, 3.05) is 5.73 Å². The molecule has 0 amide bonds. The topological polar surface area (TPSA) is 26.0 Å². The molecule has 0 atom stereocenters. The Labute approximate surface area is 93.4 Å². The molecule has 0 saturated heterocycles. The van der Waals surface area contributed by atoms with Gasteiger partial charge >= 0.3 is 94.7 Å². The zero-order valence-electron chi connectivity index (χ0n) is 6.01. The number of hydrogen-bond donors (Lipinski definition) is 1. The van der Waals surface area contributed by atoms with Gasteiger partial charge in [0, 0.05) is 0 Å². The van der Waals surface area contributed by atoms with E-state index in [2.05, 4.69) is 59.3 Å². The monoisotopic (exact) mass is 435 g/mol. The van der Waals surface area contributed by atoms with Crippen LogP contribution in [0.15, 0.2) is 18.2 Å². The van der Waals surface area contributed by atoms with Gasteiger partial charge in [0.25, 0.3) is 0 Å². The summed E-state index contributed by atoms with van der Waals surface area (Å²) in [6.07, 6.45) is 0. The third-order valence-corrected chi connectivity index (χ3v) is 8.62. The van der Waals surface area contributed by atoms with E-state index in [1.165, 1.54) is 9.91 Å². The van der Waals surface area contributed by atoms with Crippen LogP contribution in [0, 0.1) is 6.92 Å². The summed E-state index contributed by atoms with van der Waals surface area (Å²) in [5.74, 6) is 0. The summed E-state index contributed by atoms with van der Waals surface area (Å²) in [4.78, 5) is 0. The van der Waals surface area contributed by atoms with Crippen molar-refractivity contribution in [1.82, 2.24) is 0 Å². The molecule has 0 bridgehead atoms. The van der Waals surface area contributed by atoms with E-state index in [1.54, 1.807) is 0 Å². The van der Waals surface area contributed by atoms with Gasteiger partial charge in [0.2, 0.25) is 0 Å². The van der Waals surface area contributed by atoms with Gasteiger partial charge in [0.05, 0.1) is 0 Å². The zero-order chi connectivity index (χ0) is 8.43. The van der Waals surface area contributed by atoms with Crippen LogP contribution in [-0.4, -0.2) is 7.95 Å². The summed E-state index contributed by atoms with van der Waals surface area (Å²) in [5.41, 5.74) is 7.85. The van der Waals surface area contributed by atoms with E-state index >= 15 is 0 Å². The number of nitrogens with two attached hydrogens (primary N) is 1. The van der Waals surface area contributed by atoms with Gasteiger partial charge in [-0.25, -0.2) is 0 Å². The Morgan fingerprint density at radius 2 is 2.00 bits per heavy atom. The Balaban J connectivity index is 3.09. The Morgan fingerprint density at radius 1 is 1.36 bits per heavy atom. The van der Waals surface area contributed by atoms with Crippen molar-refractivity contribution in [2.45, 2.75) is 6.92 Å². The first kappa shape index (κ1) is 10.1. The normalized spacial score (nSPS) is 10.5. The van der Waals surface area contributed by atoms with Crippen LogP contribution in [0.4, 0.5) is 5.69 Å². The molecule has 1 nitrogen and oxygen atoms in total. The van der Waals surface area contributed by atoms with Gasteiger partial charge < -0.3 is 0 Å². The maximum absolute atomic E-state index is 5.64. The molecule has 0 fully saturated rings. The third kappa shape index (κ3) is 2.77. The quantitative estimate of drug-likeness (QED) is 0.409. The molecule has 11 heavy (non-hydrogen) atoms. The predicted octanol–water partition coefficient (Wildman–Crippen LogP) is 2.14. The van der Waals surface area contributed by atoms with Gasteiger partial charge in [-0.2, -0.15) is 0 Å². The van der Waals surface area contributed by atoms with Gasteiger partial charge in [-0.05, 0) is 0 Å². The van der Waals surface area contributed by atoms with E-state index in [1.807, 2.05) is 6.07 Å². The SMILES string of the molecule is Cc1cc(N)ccc1[As](I)I. The van der Waals surface area contributed by atoms with Gasteiger partial charge in [-0.1, -0.05) is 0 Å². The van der Waals surface area contributed by atoms with E-state index in [-0.39, 0.29) is 0 Å². The van der Waals surface area contributed by atoms with Crippen LogP contribution in [0.2, 0.25) is 0 Å². The van der Waals surface area contributed by atoms with Crippen molar-refractivity contribution in [3.05, 3.63) is 23.8 Å². The Bertz CT molecular complexity index is 263. The molecule has 1 aromatic rings. The van der Waals surface area contributed by atoms with Crippen LogP contribution in [-0.2, 0) is 0 Å². The third-order valence-electron chi connectivity index (χ3n) is 1.40. The molecule has 0 aliphatic rings. The number of nitrogen functional groups attached to an aromatic ring is 1. The van der Waals surface area contributed by atoms with Crippen LogP contribution in [0.5, 0.6) is 0 Å². The molecule has 0 radical (unpaired) electrons. The maximum atomic E-state index is 5.64. The summed E-state index contributed by atoms with van der Waals surface area (Å²) in [7, 11) is -0.766. The summed E-state index contributed by atoms with van der Waals surface area (Å²) in [6.45, 7) is 2.13. The number of halogens is 2. The first-order chi connectivity index (χ1) is 5.11. The molecule has 60 valence electrons. The number of benzene rings is 1. The van der Waals surface area contributed by atoms with Gasteiger partial charge in [0.1, 0.15) is 0 Å². The van der Waals surface area contributed by atoms with Crippen molar-refractivity contribution in [2.24, 2.45) is 0 Å². The molecule has 0 aliphatic carbocycles. The van der Waals surface area contributed by atoms with Gasteiger partial charge in [-0.15, -0.1) is 0 Å². The minimum absolute atomic E-state index is 0.766. The second-order valence-corrected chi connectivity index (χ2v) is 23.9. The number of aryl methyl sites for hydroxylation is 1. The molecule has 2 N–H and O–H groups in total. The Kier molecular flexibility index (Phi) is 3.98. The Hall–Kier alpha value is 1.04. The fourth-order valence-electron chi connectivity index (χ4n) is 0.868. The van der Waals surface area contributed by atoms with E-state index < -0.39 is 7.95 Å². The number of anilines is 1. The first-order valence-electron chi connectivity index (χ1n) is 3.09. The molecule has 0 aliphatic heterocycles. The predicted molar refractivity (Wildman–Crippen MR) is 69.0 cm³/mol.